The maximum absolute atomic E-state index is 13.1. The highest BCUT2D eigenvalue weighted by Crippen LogP contribution is 2.47. The van der Waals surface area contributed by atoms with Crippen molar-refractivity contribution in [3.8, 4) is 0 Å². The van der Waals surface area contributed by atoms with Gasteiger partial charge in [0.1, 0.15) is 0 Å². The molecule has 4 heteroatoms. The summed E-state index contributed by atoms with van der Waals surface area (Å²) in [7, 11) is 0. The number of hydrogen-bond donors (Lipinski definition) is 1. The summed E-state index contributed by atoms with van der Waals surface area (Å²) >= 11 is 0. The van der Waals surface area contributed by atoms with Gasteiger partial charge in [-0.15, -0.1) is 0 Å². The van der Waals surface area contributed by atoms with E-state index >= 15 is 0 Å². The molecule has 0 saturated carbocycles. The second-order valence-electron chi connectivity index (χ2n) is 8.12. The summed E-state index contributed by atoms with van der Waals surface area (Å²) in [5, 5.41) is 3.10. The molecule has 142 valence electrons. The Bertz CT molecular complexity index is 852. The lowest BCUT2D eigenvalue weighted by Gasteiger charge is -2.39. The van der Waals surface area contributed by atoms with E-state index in [9.17, 15) is 4.79 Å². The number of benzene rings is 2. The number of urea groups is 1. The van der Waals surface area contributed by atoms with E-state index in [0.29, 0.717) is 0 Å². The number of rotatable bonds is 2. The van der Waals surface area contributed by atoms with E-state index in [1.807, 2.05) is 36.1 Å². The van der Waals surface area contributed by atoms with Crippen LogP contribution in [0.25, 0.3) is 0 Å². The van der Waals surface area contributed by atoms with Gasteiger partial charge in [0.25, 0.3) is 0 Å². The van der Waals surface area contributed by atoms with Crippen molar-refractivity contribution >= 4 is 17.4 Å². The minimum Gasteiger partial charge on any atom is -0.308 e. The Balaban J connectivity index is 1.62. The maximum Gasteiger partial charge on any atom is 0.326 e. The van der Waals surface area contributed by atoms with E-state index in [2.05, 4.69) is 42.3 Å². The normalized spacial score (nSPS) is 18.6. The fourth-order valence-electron chi connectivity index (χ4n) is 4.60. The lowest BCUT2D eigenvalue weighted by atomic mass is 9.74. The SMILES string of the molecule is CCN1CCC2(CC1)CN(C(=O)Nc1cccc(C)c1)c1ccc(C)cc12. The van der Waals surface area contributed by atoms with Crippen LogP contribution < -0.4 is 10.2 Å². The summed E-state index contributed by atoms with van der Waals surface area (Å²) in [6.07, 6.45) is 2.23. The van der Waals surface area contributed by atoms with Crippen LogP contribution in [-0.4, -0.2) is 37.1 Å². The summed E-state index contributed by atoms with van der Waals surface area (Å²) in [5.41, 5.74) is 5.81. The molecule has 0 aliphatic carbocycles. The molecule has 4 nitrogen and oxygen atoms in total. The number of carbonyl (C=O) groups excluding carboxylic acids is 1. The molecule has 2 aromatic carbocycles. The molecular formula is C23H29N3O. The van der Waals surface area contributed by atoms with E-state index < -0.39 is 0 Å². The first-order valence-electron chi connectivity index (χ1n) is 9.99. The summed E-state index contributed by atoms with van der Waals surface area (Å²) < 4.78 is 0. The molecule has 2 amide bonds. The third-order valence-electron chi connectivity index (χ3n) is 6.25. The van der Waals surface area contributed by atoms with Crippen LogP contribution in [0.5, 0.6) is 0 Å². The van der Waals surface area contributed by atoms with Crippen molar-refractivity contribution in [3.63, 3.8) is 0 Å². The number of hydrogen-bond acceptors (Lipinski definition) is 2. The van der Waals surface area contributed by atoms with Crippen LogP contribution in [0.15, 0.2) is 42.5 Å². The lowest BCUT2D eigenvalue weighted by Crippen LogP contribution is -2.46. The Hall–Kier alpha value is -2.33. The Labute approximate surface area is 162 Å². The molecule has 0 unspecified atom stereocenters. The number of aryl methyl sites for hydroxylation is 2. The van der Waals surface area contributed by atoms with Crippen LogP contribution in [-0.2, 0) is 5.41 Å². The highest BCUT2D eigenvalue weighted by atomic mass is 16.2. The van der Waals surface area contributed by atoms with Gasteiger partial charge in [-0.1, -0.05) is 36.8 Å². The van der Waals surface area contributed by atoms with Crippen LogP contribution in [0.3, 0.4) is 0 Å². The number of piperidine rings is 1. The first-order chi connectivity index (χ1) is 13.0. The van der Waals surface area contributed by atoms with Gasteiger partial charge < -0.3 is 10.2 Å². The summed E-state index contributed by atoms with van der Waals surface area (Å²) in [6.45, 7) is 10.5. The Morgan fingerprint density at radius 1 is 1.07 bits per heavy atom. The number of carbonyl (C=O) groups is 1. The van der Waals surface area contributed by atoms with Crippen LogP contribution in [0.4, 0.5) is 16.2 Å². The van der Waals surface area contributed by atoms with Crippen LogP contribution in [0.1, 0.15) is 36.5 Å². The second-order valence-corrected chi connectivity index (χ2v) is 8.12. The average molecular weight is 364 g/mol. The highest BCUT2D eigenvalue weighted by Gasteiger charge is 2.46. The third-order valence-corrected chi connectivity index (χ3v) is 6.25. The fourth-order valence-corrected chi connectivity index (χ4v) is 4.60. The van der Waals surface area contributed by atoms with Crippen LogP contribution in [0.2, 0.25) is 0 Å². The molecule has 1 fully saturated rings. The molecule has 2 aliphatic heterocycles. The monoisotopic (exact) mass is 363 g/mol. The van der Waals surface area contributed by atoms with Gasteiger partial charge in [0.2, 0.25) is 0 Å². The van der Waals surface area contributed by atoms with Crippen molar-refractivity contribution in [1.29, 1.82) is 0 Å². The van der Waals surface area contributed by atoms with Gasteiger partial charge >= 0.3 is 6.03 Å². The number of amides is 2. The van der Waals surface area contributed by atoms with Crippen molar-refractivity contribution in [2.24, 2.45) is 0 Å². The standard InChI is InChI=1S/C23H29N3O/c1-4-25-12-10-23(11-13-25)16-26(21-9-8-18(3)15-20(21)23)22(27)24-19-7-5-6-17(2)14-19/h5-9,14-15H,4,10-13,16H2,1-3H3,(H,24,27). The van der Waals surface area contributed by atoms with Gasteiger partial charge in [-0.05, 0) is 75.6 Å². The van der Waals surface area contributed by atoms with Crippen LogP contribution >= 0.6 is 0 Å². The van der Waals surface area contributed by atoms with Crippen molar-refractivity contribution in [3.05, 3.63) is 59.2 Å². The van der Waals surface area contributed by atoms with Gasteiger partial charge in [-0.25, -0.2) is 4.79 Å². The Morgan fingerprint density at radius 3 is 2.52 bits per heavy atom. The molecule has 1 spiro atoms. The maximum atomic E-state index is 13.1. The second kappa shape index (κ2) is 7.01. The van der Waals surface area contributed by atoms with Gasteiger partial charge in [-0.2, -0.15) is 0 Å². The summed E-state index contributed by atoms with van der Waals surface area (Å²) in [4.78, 5) is 17.6. The molecule has 1 N–H and O–H groups in total. The predicted molar refractivity (Wildman–Crippen MR) is 112 cm³/mol. The predicted octanol–water partition coefficient (Wildman–Crippen LogP) is 4.71. The molecular weight excluding hydrogens is 334 g/mol. The summed E-state index contributed by atoms with van der Waals surface area (Å²) in [6, 6.07) is 14.5. The lowest BCUT2D eigenvalue weighted by molar-refractivity contribution is 0.173. The molecule has 4 rings (SSSR count). The van der Waals surface area contributed by atoms with Crippen molar-refractivity contribution in [2.45, 2.75) is 39.0 Å². The van der Waals surface area contributed by atoms with E-state index in [1.54, 1.807) is 0 Å². The van der Waals surface area contributed by atoms with Crippen molar-refractivity contribution in [2.75, 3.05) is 36.4 Å². The first kappa shape index (κ1) is 18.1. The van der Waals surface area contributed by atoms with Gasteiger partial charge in [0.15, 0.2) is 0 Å². The topological polar surface area (TPSA) is 35.6 Å². The molecule has 2 aromatic rings. The molecule has 0 radical (unpaired) electrons. The minimum atomic E-state index is -0.0273. The smallest absolute Gasteiger partial charge is 0.308 e. The van der Waals surface area contributed by atoms with Gasteiger partial charge in [-0.3, -0.25) is 4.90 Å². The third kappa shape index (κ3) is 3.34. The molecule has 2 aliphatic rings. The van der Waals surface area contributed by atoms with Crippen LogP contribution in [0, 0.1) is 13.8 Å². The van der Waals surface area contributed by atoms with Crippen molar-refractivity contribution in [1.82, 2.24) is 4.90 Å². The summed E-state index contributed by atoms with van der Waals surface area (Å²) in [5.74, 6) is 0. The Kier molecular flexibility index (Phi) is 4.68. The number of nitrogens with one attached hydrogen (secondary N) is 1. The zero-order chi connectivity index (χ0) is 19.0. The first-order valence-corrected chi connectivity index (χ1v) is 9.99. The molecule has 2 heterocycles. The van der Waals surface area contributed by atoms with E-state index in [1.165, 1.54) is 11.1 Å². The highest BCUT2D eigenvalue weighted by molar-refractivity contribution is 6.03. The largest absolute Gasteiger partial charge is 0.326 e. The number of fused-ring (bicyclic) bond motifs is 2. The number of anilines is 2. The number of likely N-dealkylation sites (tertiary alicyclic amines) is 1. The Morgan fingerprint density at radius 2 is 1.81 bits per heavy atom. The van der Waals surface area contributed by atoms with E-state index in [-0.39, 0.29) is 11.4 Å². The average Bonchev–Trinajstić information content (AvgIpc) is 2.96. The van der Waals surface area contributed by atoms with Gasteiger partial charge in [0, 0.05) is 23.3 Å². The quantitative estimate of drug-likeness (QED) is 0.839. The molecule has 0 aromatic heterocycles. The van der Waals surface area contributed by atoms with Gasteiger partial charge in [0.05, 0.1) is 0 Å². The molecule has 0 bridgehead atoms. The number of nitrogens with zero attached hydrogens (tertiary/aromatic N) is 2. The molecule has 0 atom stereocenters. The zero-order valence-corrected chi connectivity index (χ0v) is 16.6. The molecule has 1 saturated heterocycles. The zero-order valence-electron chi connectivity index (χ0n) is 16.6. The van der Waals surface area contributed by atoms with E-state index in [4.69, 9.17) is 0 Å². The van der Waals surface area contributed by atoms with E-state index in [0.717, 1.165) is 56.0 Å². The van der Waals surface area contributed by atoms with Crippen molar-refractivity contribution < 1.29 is 4.79 Å². The minimum absolute atomic E-state index is 0.0273. The molecule has 27 heavy (non-hydrogen) atoms. The fraction of sp³-hybridized carbons (Fsp3) is 0.435.